The summed E-state index contributed by atoms with van der Waals surface area (Å²) < 4.78 is 16.3. The molecule has 20 heavy (non-hydrogen) atoms. The molecule has 0 fully saturated rings. The van der Waals surface area contributed by atoms with Gasteiger partial charge in [0.25, 0.3) is 5.91 Å². The van der Waals surface area contributed by atoms with Crippen LogP contribution in [0, 0.1) is 0 Å². The molecule has 2 rings (SSSR count). The van der Waals surface area contributed by atoms with Crippen molar-refractivity contribution in [2.45, 2.75) is 32.7 Å². The van der Waals surface area contributed by atoms with E-state index in [-0.39, 0.29) is 11.9 Å². The average molecular weight is 279 g/mol. The Morgan fingerprint density at radius 2 is 2.00 bits per heavy atom. The highest BCUT2D eigenvalue weighted by Gasteiger charge is 2.21. The van der Waals surface area contributed by atoms with Gasteiger partial charge in [-0.3, -0.25) is 4.79 Å². The number of amides is 1. The molecule has 0 saturated carbocycles. The van der Waals surface area contributed by atoms with Crippen LogP contribution < -0.4 is 19.5 Å². The van der Waals surface area contributed by atoms with Gasteiger partial charge in [-0.15, -0.1) is 0 Å². The smallest absolute Gasteiger partial charge is 0.251 e. The topological polar surface area (TPSA) is 56.8 Å². The first-order valence-electron chi connectivity index (χ1n) is 6.98. The van der Waals surface area contributed by atoms with Gasteiger partial charge < -0.3 is 19.5 Å². The number of ether oxygens (including phenoxy) is 3. The van der Waals surface area contributed by atoms with Crippen LogP contribution in [0.5, 0.6) is 17.2 Å². The second-order valence-corrected chi connectivity index (χ2v) is 4.69. The molecule has 0 aromatic heterocycles. The summed E-state index contributed by atoms with van der Waals surface area (Å²) in [5, 5.41) is 3.00. The quantitative estimate of drug-likeness (QED) is 0.899. The number of carbonyl (C=O) groups excluding carboxylic acids is 1. The third-order valence-electron chi connectivity index (χ3n) is 3.41. The lowest BCUT2D eigenvalue weighted by molar-refractivity contribution is 0.0933. The van der Waals surface area contributed by atoms with Crippen molar-refractivity contribution in [3.05, 3.63) is 17.7 Å². The van der Waals surface area contributed by atoms with Crippen LogP contribution in [0.2, 0.25) is 0 Å². The van der Waals surface area contributed by atoms with Crippen molar-refractivity contribution in [3.63, 3.8) is 0 Å². The first kappa shape index (κ1) is 14.5. The molecule has 0 saturated heterocycles. The van der Waals surface area contributed by atoms with E-state index in [0.29, 0.717) is 36.0 Å². The summed E-state index contributed by atoms with van der Waals surface area (Å²) in [5.74, 6) is 1.54. The molecule has 0 aliphatic carbocycles. The maximum atomic E-state index is 12.3. The Morgan fingerprint density at radius 3 is 2.65 bits per heavy atom. The number of methoxy groups -OCH3 is 1. The summed E-state index contributed by atoms with van der Waals surface area (Å²) in [7, 11) is 1.55. The van der Waals surface area contributed by atoms with Crippen molar-refractivity contribution in [2.75, 3.05) is 20.3 Å². The van der Waals surface area contributed by atoms with Crippen LogP contribution in [0.1, 0.15) is 37.0 Å². The zero-order valence-electron chi connectivity index (χ0n) is 12.2. The third-order valence-corrected chi connectivity index (χ3v) is 3.41. The van der Waals surface area contributed by atoms with Crippen LogP contribution in [-0.4, -0.2) is 32.3 Å². The Hall–Kier alpha value is -1.91. The Bertz CT molecular complexity index is 466. The van der Waals surface area contributed by atoms with Gasteiger partial charge in [-0.25, -0.2) is 0 Å². The zero-order chi connectivity index (χ0) is 14.5. The summed E-state index contributed by atoms with van der Waals surface area (Å²) in [6, 6.07) is 3.57. The molecule has 0 spiro atoms. The van der Waals surface area contributed by atoms with Crippen LogP contribution in [0.25, 0.3) is 0 Å². The van der Waals surface area contributed by atoms with Crippen LogP contribution >= 0.6 is 0 Å². The number of rotatable bonds is 5. The van der Waals surface area contributed by atoms with Gasteiger partial charge >= 0.3 is 0 Å². The van der Waals surface area contributed by atoms with E-state index in [1.54, 1.807) is 19.2 Å². The highest BCUT2D eigenvalue weighted by atomic mass is 16.6. The Morgan fingerprint density at radius 1 is 1.30 bits per heavy atom. The van der Waals surface area contributed by atoms with Gasteiger partial charge in [0.1, 0.15) is 13.2 Å². The molecule has 5 heteroatoms. The third kappa shape index (κ3) is 2.98. The molecule has 0 unspecified atom stereocenters. The Balaban J connectivity index is 2.25. The summed E-state index contributed by atoms with van der Waals surface area (Å²) in [6.45, 7) is 5.08. The lowest BCUT2D eigenvalue weighted by Crippen LogP contribution is -2.33. The Labute approximate surface area is 119 Å². The maximum Gasteiger partial charge on any atom is 0.251 e. The maximum absolute atomic E-state index is 12.3. The minimum atomic E-state index is -0.117. The zero-order valence-corrected chi connectivity index (χ0v) is 12.2. The van der Waals surface area contributed by atoms with E-state index in [1.165, 1.54) is 0 Å². The molecule has 1 aliphatic rings. The summed E-state index contributed by atoms with van der Waals surface area (Å²) in [4.78, 5) is 12.3. The van der Waals surface area contributed by atoms with E-state index >= 15 is 0 Å². The normalized spacial score (nSPS) is 13.2. The van der Waals surface area contributed by atoms with E-state index in [2.05, 4.69) is 19.2 Å². The fourth-order valence-corrected chi connectivity index (χ4v) is 2.17. The molecule has 5 nitrogen and oxygen atoms in total. The van der Waals surface area contributed by atoms with E-state index in [0.717, 1.165) is 12.8 Å². The predicted molar refractivity (Wildman–Crippen MR) is 75.8 cm³/mol. The molecule has 0 atom stereocenters. The fourth-order valence-electron chi connectivity index (χ4n) is 2.17. The lowest BCUT2D eigenvalue weighted by atomic mass is 10.1. The van der Waals surface area contributed by atoms with Gasteiger partial charge in [-0.1, -0.05) is 13.8 Å². The van der Waals surface area contributed by atoms with Gasteiger partial charge in [-0.05, 0) is 25.0 Å². The largest absolute Gasteiger partial charge is 0.493 e. The number of benzene rings is 1. The number of hydrogen-bond donors (Lipinski definition) is 1. The van der Waals surface area contributed by atoms with Crippen molar-refractivity contribution >= 4 is 5.91 Å². The summed E-state index contributed by atoms with van der Waals surface area (Å²) >= 11 is 0. The molecular weight excluding hydrogens is 258 g/mol. The van der Waals surface area contributed by atoms with Gasteiger partial charge in [0, 0.05) is 11.6 Å². The van der Waals surface area contributed by atoms with Crippen LogP contribution in [0.15, 0.2) is 12.1 Å². The minimum Gasteiger partial charge on any atom is -0.493 e. The van der Waals surface area contributed by atoms with Crippen molar-refractivity contribution in [3.8, 4) is 17.2 Å². The molecule has 1 aromatic carbocycles. The summed E-state index contributed by atoms with van der Waals surface area (Å²) in [5.41, 5.74) is 0.526. The van der Waals surface area contributed by atoms with E-state index in [1.807, 2.05) is 0 Å². The second kappa shape index (κ2) is 6.50. The highest BCUT2D eigenvalue weighted by Crippen LogP contribution is 2.40. The molecule has 0 radical (unpaired) electrons. The SMILES string of the molecule is CCC(CC)NC(=O)c1cc(OC)c2c(c1)OCCO2. The molecule has 1 aromatic rings. The summed E-state index contributed by atoms with van der Waals surface area (Å²) in [6.07, 6.45) is 1.81. The molecule has 1 aliphatic heterocycles. The van der Waals surface area contributed by atoms with E-state index in [4.69, 9.17) is 14.2 Å². The van der Waals surface area contributed by atoms with Gasteiger partial charge in [0.2, 0.25) is 5.75 Å². The molecular formula is C15H21NO4. The molecule has 1 N–H and O–H groups in total. The molecule has 1 amide bonds. The van der Waals surface area contributed by atoms with E-state index < -0.39 is 0 Å². The van der Waals surface area contributed by atoms with Crippen molar-refractivity contribution < 1.29 is 19.0 Å². The number of fused-ring (bicyclic) bond motifs is 1. The Kier molecular flexibility index (Phi) is 4.71. The highest BCUT2D eigenvalue weighted by molar-refractivity contribution is 5.95. The van der Waals surface area contributed by atoms with Crippen molar-refractivity contribution in [1.82, 2.24) is 5.32 Å². The monoisotopic (exact) mass is 279 g/mol. The van der Waals surface area contributed by atoms with Gasteiger partial charge in [0.15, 0.2) is 11.5 Å². The van der Waals surface area contributed by atoms with E-state index in [9.17, 15) is 4.79 Å². The van der Waals surface area contributed by atoms with Crippen molar-refractivity contribution in [1.29, 1.82) is 0 Å². The first-order chi connectivity index (χ1) is 9.69. The molecule has 0 bridgehead atoms. The van der Waals surface area contributed by atoms with Crippen molar-refractivity contribution in [2.24, 2.45) is 0 Å². The lowest BCUT2D eigenvalue weighted by Gasteiger charge is -2.22. The average Bonchev–Trinajstić information content (AvgIpc) is 2.51. The number of carbonyl (C=O) groups is 1. The standard InChI is InChI=1S/C15H21NO4/c1-4-11(5-2)16-15(17)10-8-12(18-3)14-13(9-10)19-6-7-20-14/h8-9,11H,4-7H2,1-3H3,(H,16,17). The molecule has 1 heterocycles. The number of nitrogens with one attached hydrogen (secondary N) is 1. The fraction of sp³-hybridized carbons (Fsp3) is 0.533. The van der Waals surface area contributed by atoms with Crippen LogP contribution in [0.4, 0.5) is 0 Å². The molecule has 110 valence electrons. The van der Waals surface area contributed by atoms with Crippen LogP contribution in [0.3, 0.4) is 0 Å². The number of hydrogen-bond acceptors (Lipinski definition) is 4. The second-order valence-electron chi connectivity index (χ2n) is 4.69. The van der Waals surface area contributed by atoms with Crippen LogP contribution in [-0.2, 0) is 0 Å². The van der Waals surface area contributed by atoms with Gasteiger partial charge in [-0.2, -0.15) is 0 Å². The van der Waals surface area contributed by atoms with Gasteiger partial charge in [0.05, 0.1) is 7.11 Å². The first-order valence-corrected chi connectivity index (χ1v) is 6.98. The minimum absolute atomic E-state index is 0.117. The predicted octanol–water partition coefficient (Wildman–Crippen LogP) is 2.38.